The minimum absolute atomic E-state index is 0.119. The molecule has 0 radical (unpaired) electrons. The molecule has 0 unspecified atom stereocenters. The van der Waals surface area contributed by atoms with E-state index in [2.05, 4.69) is 27.5 Å². The number of hydrogen-bond donors (Lipinski definition) is 2. The molecule has 128 valence electrons. The lowest BCUT2D eigenvalue weighted by atomic mass is 10.1. The van der Waals surface area contributed by atoms with Crippen molar-refractivity contribution in [1.82, 2.24) is 9.97 Å². The van der Waals surface area contributed by atoms with E-state index in [1.165, 1.54) is 12.1 Å². The van der Waals surface area contributed by atoms with Gasteiger partial charge in [-0.15, -0.1) is 0 Å². The second-order valence-corrected chi connectivity index (χ2v) is 5.50. The fraction of sp³-hybridized carbons (Fsp3) is 0.158. The Morgan fingerprint density at radius 1 is 0.960 bits per heavy atom. The first kappa shape index (κ1) is 16.8. The molecule has 4 nitrogen and oxygen atoms in total. The van der Waals surface area contributed by atoms with E-state index in [9.17, 15) is 8.78 Å². The molecule has 3 rings (SSSR count). The SMILES string of the molecule is CCCNc1cc(-c2ccccc2)nc(Nc2ccc(F)cc2F)n1. The van der Waals surface area contributed by atoms with Gasteiger partial charge in [0.05, 0.1) is 11.4 Å². The summed E-state index contributed by atoms with van der Waals surface area (Å²) in [4.78, 5) is 8.81. The molecular formula is C19H18F2N4. The van der Waals surface area contributed by atoms with Gasteiger partial charge in [-0.2, -0.15) is 4.98 Å². The third-order valence-electron chi connectivity index (χ3n) is 3.53. The van der Waals surface area contributed by atoms with Gasteiger partial charge in [0, 0.05) is 24.2 Å². The number of rotatable bonds is 6. The van der Waals surface area contributed by atoms with Crippen LogP contribution >= 0.6 is 0 Å². The number of hydrogen-bond acceptors (Lipinski definition) is 4. The van der Waals surface area contributed by atoms with Gasteiger partial charge >= 0.3 is 0 Å². The predicted molar refractivity (Wildman–Crippen MR) is 95.9 cm³/mol. The Morgan fingerprint density at radius 2 is 1.76 bits per heavy atom. The molecular weight excluding hydrogens is 322 g/mol. The van der Waals surface area contributed by atoms with Crippen LogP contribution in [-0.2, 0) is 0 Å². The van der Waals surface area contributed by atoms with Crippen molar-refractivity contribution in [2.24, 2.45) is 0 Å². The van der Waals surface area contributed by atoms with E-state index < -0.39 is 11.6 Å². The first-order valence-corrected chi connectivity index (χ1v) is 8.06. The molecule has 1 heterocycles. The van der Waals surface area contributed by atoms with Gasteiger partial charge in [-0.25, -0.2) is 13.8 Å². The number of nitrogens with zero attached hydrogens (tertiary/aromatic N) is 2. The Balaban J connectivity index is 1.96. The van der Waals surface area contributed by atoms with Crippen LogP contribution in [-0.4, -0.2) is 16.5 Å². The Morgan fingerprint density at radius 3 is 2.48 bits per heavy atom. The molecule has 1 aromatic heterocycles. The zero-order valence-corrected chi connectivity index (χ0v) is 13.8. The molecule has 0 saturated carbocycles. The summed E-state index contributed by atoms with van der Waals surface area (Å²) in [6.07, 6.45) is 0.944. The largest absolute Gasteiger partial charge is 0.370 e. The Labute approximate surface area is 145 Å². The van der Waals surface area contributed by atoms with Gasteiger partial charge in [0.15, 0.2) is 0 Å². The molecule has 0 aliphatic carbocycles. The van der Waals surface area contributed by atoms with Crippen LogP contribution in [0.2, 0.25) is 0 Å². The number of halogens is 2. The van der Waals surface area contributed by atoms with Crippen LogP contribution in [0, 0.1) is 11.6 Å². The molecule has 0 bridgehead atoms. The normalized spacial score (nSPS) is 10.5. The molecule has 3 aromatic rings. The van der Waals surface area contributed by atoms with Crippen LogP contribution in [0.3, 0.4) is 0 Å². The third kappa shape index (κ3) is 4.29. The first-order chi connectivity index (χ1) is 12.2. The highest BCUT2D eigenvalue weighted by Crippen LogP contribution is 2.24. The topological polar surface area (TPSA) is 49.8 Å². The summed E-state index contributed by atoms with van der Waals surface area (Å²) >= 11 is 0. The Hall–Kier alpha value is -3.02. The number of benzene rings is 2. The van der Waals surface area contributed by atoms with Gasteiger partial charge in [0.2, 0.25) is 5.95 Å². The monoisotopic (exact) mass is 340 g/mol. The molecule has 0 aliphatic heterocycles. The second-order valence-electron chi connectivity index (χ2n) is 5.50. The molecule has 0 aliphatic rings. The minimum atomic E-state index is -0.697. The van der Waals surface area contributed by atoms with Crippen LogP contribution in [0.1, 0.15) is 13.3 Å². The van der Waals surface area contributed by atoms with E-state index in [4.69, 9.17) is 0 Å². The first-order valence-electron chi connectivity index (χ1n) is 8.06. The average molecular weight is 340 g/mol. The van der Waals surface area contributed by atoms with Crippen molar-refractivity contribution in [2.75, 3.05) is 17.2 Å². The molecule has 2 N–H and O–H groups in total. The molecule has 0 atom stereocenters. The van der Waals surface area contributed by atoms with Crippen LogP contribution in [0.4, 0.5) is 26.2 Å². The van der Waals surface area contributed by atoms with Gasteiger partial charge in [-0.1, -0.05) is 37.3 Å². The van der Waals surface area contributed by atoms with Gasteiger partial charge < -0.3 is 10.6 Å². The van der Waals surface area contributed by atoms with Crippen molar-refractivity contribution < 1.29 is 8.78 Å². The highest BCUT2D eigenvalue weighted by Gasteiger charge is 2.10. The third-order valence-corrected chi connectivity index (χ3v) is 3.53. The maximum Gasteiger partial charge on any atom is 0.229 e. The van der Waals surface area contributed by atoms with Crippen molar-refractivity contribution >= 4 is 17.5 Å². The summed E-state index contributed by atoms with van der Waals surface area (Å²) < 4.78 is 27.0. The molecule has 6 heteroatoms. The van der Waals surface area contributed by atoms with Gasteiger partial charge in [0.25, 0.3) is 0 Å². The fourth-order valence-electron chi connectivity index (χ4n) is 2.31. The standard InChI is InChI=1S/C19H18F2N4/c1-2-10-22-18-12-17(13-6-4-3-5-7-13)24-19(25-18)23-16-9-8-14(20)11-15(16)21/h3-9,11-12H,2,10H2,1H3,(H2,22,23,24,25). The van der Waals surface area contributed by atoms with Gasteiger partial charge in [0.1, 0.15) is 17.5 Å². The van der Waals surface area contributed by atoms with Gasteiger partial charge in [-0.05, 0) is 18.6 Å². The van der Waals surface area contributed by atoms with Crippen molar-refractivity contribution in [1.29, 1.82) is 0 Å². The lowest BCUT2D eigenvalue weighted by molar-refractivity contribution is 0.586. The Kier molecular flexibility index (Phi) is 5.18. The highest BCUT2D eigenvalue weighted by atomic mass is 19.1. The summed E-state index contributed by atoms with van der Waals surface area (Å²) in [5, 5.41) is 6.03. The van der Waals surface area contributed by atoms with E-state index in [-0.39, 0.29) is 11.6 Å². The Bertz CT molecular complexity index is 853. The smallest absolute Gasteiger partial charge is 0.229 e. The zero-order chi connectivity index (χ0) is 17.6. The van der Waals surface area contributed by atoms with Crippen molar-refractivity contribution in [3.63, 3.8) is 0 Å². The summed E-state index contributed by atoms with van der Waals surface area (Å²) in [7, 11) is 0. The van der Waals surface area contributed by atoms with E-state index in [1.54, 1.807) is 0 Å². The van der Waals surface area contributed by atoms with E-state index >= 15 is 0 Å². The average Bonchev–Trinajstić information content (AvgIpc) is 2.63. The van der Waals surface area contributed by atoms with Crippen molar-refractivity contribution in [3.05, 3.63) is 66.2 Å². The van der Waals surface area contributed by atoms with Crippen LogP contribution < -0.4 is 10.6 Å². The van der Waals surface area contributed by atoms with Crippen molar-refractivity contribution in [3.8, 4) is 11.3 Å². The molecule has 25 heavy (non-hydrogen) atoms. The van der Waals surface area contributed by atoms with Crippen LogP contribution in [0.15, 0.2) is 54.6 Å². The van der Waals surface area contributed by atoms with Gasteiger partial charge in [-0.3, -0.25) is 0 Å². The van der Waals surface area contributed by atoms with E-state index in [0.717, 1.165) is 24.6 Å². The fourth-order valence-corrected chi connectivity index (χ4v) is 2.31. The maximum atomic E-state index is 13.9. The molecule has 0 amide bonds. The van der Waals surface area contributed by atoms with E-state index in [0.29, 0.717) is 11.5 Å². The lowest BCUT2D eigenvalue weighted by Gasteiger charge is -2.11. The zero-order valence-electron chi connectivity index (χ0n) is 13.8. The van der Waals surface area contributed by atoms with Crippen molar-refractivity contribution in [2.45, 2.75) is 13.3 Å². The highest BCUT2D eigenvalue weighted by molar-refractivity contribution is 5.66. The van der Waals surface area contributed by atoms with E-state index in [1.807, 2.05) is 36.4 Å². The second kappa shape index (κ2) is 7.70. The number of aromatic nitrogens is 2. The van der Waals surface area contributed by atoms with Crippen LogP contribution in [0.5, 0.6) is 0 Å². The molecule has 0 spiro atoms. The summed E-state index contributed by atoms with van der Waals surface area (Å²) in [6, 6.07) is 14.8. The number of anilines is 3. The summed E-state index contributed by atoms with van der Waals surface area (Å²) in [5.74, 6) is -0.449. The quantitative estimate of drug-likeness (QED) is 0.664. The molecule has 0 saturated heterocycles. The lowest BCUT2D eigenvalue weighted by Crippen LogP contribution is -2.06. The summed E-state index contributed by atoms with van der Waals surface area (Å²) in [6.45, 7) is 2.81. The minimum Gasteiger partial charge on any atom is -0.370 e. The molecule has 0 fully saturated rings. The maximum absolute atomic E-state index is 13.9. The summed E-state index contributed by atoms with van der Waals surface area (Å²) in [5.41, 5.74) is 1.75. The molecule has 2 aromatic carbocycles. The number of nitrogens with one attached hydrogen (secondary N) is 2. The van der Waals surface area contributed by atoms with Crippen LogP contribution in [0.25, 0.3) is 11.3 Å². The predicted octanol–water partition coefficient (Wildman–Crippen LogP) is 4.99.